The van der Waals surface area contributed by atoms with Gasteiger partial charge in [0.1, 0.15) is 5.75 Å². The Morgan fingerprint density at radius 2 is 1.86 bits per heavy atom. The minimum atomic E-state index is 0.0925. The third-order valence-corrected chi connectivity index (χ3v) is 4.12. The van der Waals surface area contributed by atoms with Crippen LogP contribution in [-0.2, 0) is 11.3 Å². The van der Waals surface area contributed by atoms with Crippen LogP contribution < -0.4 is 4.74 Å². The van der Waals surface area contributed by atoms with Crippen molar-refractivity contribution in [2.24, 2.45) is 0 Å². The summed E-state index contributed by atoms with van der Waals surface area (Å²) in [6.45, 7) is 7.10. The maximum absolute atomic E-state index is 8.68. The molecule has 1 aliphatic heterocycles. The van der Waals surface area contributed by atoms with E-state index in [1.165, 1.54) is 0 Å². The van der Waals surface area contributed by atoms with E-state index in [9.17, 15) is 0 Å². The summed E-state index contributed by atoms with van der Waals surface area (Å²) in [5.41, 5.74) is 1.13. The molecule has 22 heavy (non-hydrogen) atoms. The van der Waals surface area contributed by atoms with Crippen LogP contribution in [0.25, 0.3) is 0 Å². The van der Waals surface area contributed by atoms with E-state index in [1.54, 1.807) is 7.11 Å². The van der Waals surface area contributed by atoms with Crippen LogP contribution in [0.3, 0.4) is 0 Å². The van der Waals surface area contributed by atoms with Gasteiger partial charge in [0.2, 0.25) is 0 Å². The molecule has 0 spiro atoms. The Hall–Kier alpha value is -0.850. The number of methoxy groups -OCH3 is 1. The molecule has 0 saturated carbocycles. The smallest absolute Gasteiger partial charge is 0.123 e. The Kier molecular flexibility index (Phi) is 7.42. The predicted octanol–water partition coefficient (Wildman–Crippen LogP) is 1.48. The first kappa shape index (κ1) is 17.5. The second-order valence-electron chi connectivity index (χ2n) is 5.41. The zero-order valence-electron chi connectivity index (χ0n) is 13.1. The average molecular weight is 329 g/mol. The third-order valence-electron chi connectivity index (χ3n) is 3.89. The van der Waals surface area contributed by atoms with Crippen LogP contribution in [0, 0.1) is 0 Å². The molecule has 0 aromatic heterocycles. The fourth-order valence-corrected chi connectivity index (χ4v) is 2.84. The molecule has 0 atom stereocenters. The molecule has 0 amide bonds. The first-order chi connectivity index (χ1) is 10.7. The molecule has 6 heteroatoms. The SMILES string of the molecule is COc1ccc(Cl)cc1CN1CCN(CCOCCO)CC1. The lowest BCUT2D eigenvalue weighted by Crippen LogP contribution is -2.46. The molecule has 124 valence electrons. The quantitative estimate of drug-likeness (QED) is 0.732. The average Bonchev–Trinajstić information content (AvgIpc) is 2.53. The summed E-state index contributed by atoms with van der Waals surface area (Å²) in [5, 5.41) is 9.42. The van der Waals surface area contributed by atoms with Crippen LogP contribution in [0.15, 0.2) is 18.2 Å². The van der Waals surface area contributed by atoms with Crippen LogP contribution in [0.5, 0.6) is 5.75 Å². The lowest BCUT2D eigenvalue weighted by Gasteiger charge is -2.34. The minimum absolute atomic E-state index is 0.0925. The summed E-state index contributed by atoms with van der Waals surface area (Å²) in [7, 11) is 1.69. The number of aliphatic hydroxyl groups excluding tert-OH is 1. The standard InChI is InChI=1S/C16H25ClN2O3/c1-21-16-3-2-15(17)12-14(16)13-19-6-4-18(5-7-19)8-10-22-11-9-20/h2-3,12,20H,4-11,13H2,1H3. The number of hydrogen-bond acceptors (Lipinski definition) is 5. The lowest BCUT2D eigenvalue weighted by molar-refractivity contribution is 0.0562. The van der Waals surface area contributed by atoms with Crippen LogP contribution in [0.2, 0.25) is 5.02 Å². The summed E-state index contributed by atoms with van der Waals surface area (Å²) in [6, 6.07) is 5.76. The van der Waals surface area contributed by atoms with Gasteiger partial charge in [0.05, 0.1) is 26.9 Å². The van der Waals surface area contributed by atoms with E-state index in [0.29, 0.717) is 13.2 Å². The molecule has 2 rings (SSSR count). The lowest BCUT2D eigenvalue weighted by atomic mass is 10.1. The topological polar surface area (TPSA) is 45.2 Å². The number of hydrogen-bond donors (Lipinski definition) is 1. The summed E-state index contributed by atoms with van der Waals surface area (Å²) < 4.78 is 10.7. The van der Waals surface area contributed by atoms with Gasteiger partial charge in [-0.25, -0.2) is 0 Å². The van der Waals surface area contributed by atoms with Gasteiger partial charge in [-0.05, 0) is 18.2 Å². The van der Waals surface area contributed by atoms with Crippen molar-refractivity contribution in [3.8, 4) is 5.75 Å². The second-order valence-corrected chi connectivity index (χ2v) is 5.85. The maximum atomic E-state index is 8.68. The zero-order valence-corrected chi connectivity index (χ0v) is 13.9. The number of aliphatic hydroxyl groups is 1. The Bertz CT molecular complexity index is 451. The fourth-order valence-electron chi connectivity index (χ4n) is 2.64. The molecule has 1 aromatic rings. The van der Waals surface area contributed by atoms with E-state index >= 15 is 0 Å². The predicted molar refractivity (Wildman–Crippen MR) is 87.6 cm³/mol. The van der Waals surface area contributed by atoms with Gasteiger partial charge in [0.15, 0.2) is 0 Å². The normalized spacial score (nSPS) is 16.9. The molecule has 1 saturated heterocycles. The highest BCUT2D eigenvalue weighted by Crippen LogP contribution is 2.24. The van der Waals surface area contributed by atoms with Gasteiger partial charge in [-0.1, -0.05) is 11.6 Å². The molecule has 1 heterocycles. The molecule has 1 aliphatic rings. The van der Waals surface area contributed by atoms with Gasteiger partial charge >= 0.3 is 0 Å². The van der Waals surface area contributed by atoms with Crippen LogP contribution >= 0.6 is 11.6 Å². The molecule has 1 aromatic carbocycles. The Morgan fingerprint density at radius 1 is 1.14 bits per heavy atom. The van der Waals surface area contributed by atoms with E-state index < -0.39 is 0 Å². The van der Waals surface area contributed by atoms with Crippen molar-refractivity contribution in [1.29, 1.82) is 0 Å². The molecule has 1 fully saturated rings. The molecule has 0 aliphatic carbocycles. The number of rotatable bonds is 8. The Morgan fingerprint density at radius 3 is 2.55 bits per heavy atom. The summed E-state index contributed by atoms with van der Waals surface area (Å²) in [5.74, 6) is 0.893. The second kappa shape index (κ2) is 9.33. The van der Waals surface area contributed by atoms with Crippen molar-refractivity contribution >= 4 is 11.6 Å². The van der Waals surface area contributed by atoms with Crippen LogP contribution in [0.1, 0.15) is 5.56 Å². The highest BCUT2D eigenvalue weighted by Gasteiger charge is 2.18. The van der Waals surface area contributed by atoms with Gasteiger partial charge < -0.3 is 14.6 Å². The Labute approximate surface area is 137 Å². The van der Waals surface area contributed by atoms with Crippen LogP contribution in [-0.4, -0.2) is 74.6 Å². The van der Waals surface area contributed by atoms with Crippen molar-refractivity contribution in [3.05, 3.63) is 28.8 Å². The van der Waals surface area contributed by atoms with Gasteiger partial charge in [0, 0.05) is 49.9 Å². The molecule has 0 radical (unpaired) electrons. The fraction of sp³-hybridized carbons (Fsp3) is 0.625. The highest BCUT2D eigenvalue weighted by atomic mass is 35.5. The van der Waals surface area contributed by atoms with Gasteiger partial charge in [-0.15, -0.1) is 0 Å². The summed E-state index contributed by atoms with van der Waals surface area (Å²) >= 11 is 6.08. The third kappa shape index (κ3) is 5.41. The number of ether oxygens (including phenoxy) is 2. The molecule has 0 unspecified atom stereocenters. The molecular formula is C16H25ClN2O3. The number of halogens is 1. The first-order valence-corrected chi connectivity index (χ1v) is 8.06. The molecular weight excluding hydrogens is 304 g/mol. The van der Waals surface area contributed by atoms with Gasteiger partial charge in [0.25, 0.3) is 0 Å². The van der Waals surface area contributed by atoms with E-state index in [0.717, 1.165) is 55.6 Å². The van der Waals surface area contributed by atoms with Gasteiger partial charge in [-0.3, -0.25) is 9.80 Å². The first-order valence-electron chi connectivity index (χ1n) is 7.68. The van der Waals surface area contributed by atoms with E-state index in [-0.39, 0.29) is 6.61 Å². The summed E-state index contributed by atoms with van der Waals surface area (Å²) in [6.07, 6.45) is 0. The molecule has 5 nitrogen and oxygen atoms in total. The summed E-state index contributed by atoms with van der Waals surface area (Å²) in [4.78, 5) is 4.81. The molecule has 0 bridgehead atoms. The number of nitrogens with zero attached hydrogens (tertiary/aromatic N) is 2. The molecule has 1 N–H and O–H groups in total. The van der Waals surface area contributed by atoms with Crippen LogP contribution in [0.4, 0.5) is 0 Å². The van der Waals surface area contributed by atoms with Crippen molar-refractivity contribution in [3.63, 3.8) is 0 Å². The largest absolute Gasteiger partial charge is 0.496 e. The van der Waals surface area contributed by atoms with E-state index in [4.69, 9.17) is 26.2 Å². The number of piperazine rings is 1. The van der Waals surface area contributed by atoms with Crippen molar-refractivity contribution in [2.75, 3.05) is 59.7 Å². The van der Waals surface area contributed by atoms with Crippen molar-refractivity contribution < 1.29 is 14.6 Å². The van der Waals surface area contributed by atoms with E-state index in [1.807, 2.05) is 18.2 Å². The van der Waals surface area contributed by atoms with Gasteiger partial charge in [-0.2, -0.15) is 0 Å². The van der Waals surface area contributed by atoms with E-state index in [2.05, 4.69) is 9.80 Å². The zero-order chi connectivity index (χ0) is 15.8. The monoisotopic (exact) mass is 328 g/mol. The Balaban J connectivity index is 1.76. The minimum Gasteiger partial charge on any atom is -0.496 e. The highest BCUT2D eigenvalue weighted by molar-refractivity contribution is 6.30. The number of benzene rings is 1. The maximum Gasteiger partial charge on any atom is 0.123 e. The van der Waals surface area contributed by atoms with Crippen molar-refractivity contribution in [1.82, 2.24) is 9.80 Å². The van der Waals surface area contributed by atoms with Crippen molar-refractivity contribution in [2.45, 2.75) is 6.54 Å².